The molecule has 0 radical (unpaired) electrons. The maximum absolute atomic E-state index is 13.0. The number of ether oxygens (including phenoxy) is 1. The number of halogens is 1. The predicted octanol–water partition coefficient (Wildman–Crippen LogP) is 2.66. The Balaban J connectivity index is 2.00. The Morgan fingerprint density at radius 1 is 1.05 bits per heavy atom. The van der Waals surface area contributed by atoms with Gasteiger partial charge in [0.25, 0.3) is 0 Å². The first-order chi connectivity index (χ1) is 10.2. The zero-order chi connectivity index (χ0) is 14.8. The van der Waals surface area contributed by atoms with Gasteiger partial charge in [0, 0.05) is 5.56 Å². The molecule has 1 aromatic heterocycles. The van der Waals surface area contributed by atoms with Crippen molar-refractivity contribution in [3.05, 3.63) is 54.3 Å². The third-order valence-electron chi connectivity index (χ3n) is 3.14. The molecule has 3 aromatic rings. The minimum absolute atomic E-state index is 0.312. The first kappa shape index (κ1) is 13.1. The quantitative estimate of drug-likeness (QED) is 0.803. The van der Waals surface area contributed by atoms with Gasteiger partial charge in [0.15, 0.2) is 5.82 Å². The standard InChI is InChI=1S/C15H13FN4O/c1-21-13-8-2-10(3-9-13)14-15(17)20(19-18-14)12-6-4-11(16)5-7-12/h2-9H,17H2,1H3. The van der Waals surface area contributed by atoms with E-state index in [1.54, 1.807) is 19.2 Å². The molecule has 0 aliphatic heterocycles. The summed E-state index contributed by atoms with van der Waals surface area (Å²) in [5.74, 6) is 0.836. The number of aromatic nitrogens is 3. The molecule has 106 valence electrons. The van der Waals surface area contributed by atoms with Crippen molar-refractivity contribution in [1.29, 1.82) is 0 Å². The van der Waals surface area contributed by atoms with E-state index >= 15 is 0 Å². The molecule has 0 amide bonds. The average Bonchev–Trinajstić information content (AvgIpc) is 2.90. The topological polar surface area (TPSA) is 66.0 Å². The van der Waals surface area contributed by atoms with E-state index in [-0.39, 0.29) is 5.82 Å². The van der Waals surface area contributed by atoms with Crippen LogP contribution >= 0.6 is 0 Å². The highest BCUT2D eigenvalue weighted by molar-refractivity contribution is 5.71. The zero-order valence-electron chi connectivity index (χ0n) is 11.3. The summed E-state index contributed by atoms with van der Waals surface area (Å²) in [6.07, 6.45) is 0. The fourth-order valence-electron chi connectivity index (χ4n) is 2.02. The highest BCUT2D eigenvalue weighted by atomic mass is 19.1. The summed E-state index contributed by atoms with van der Waals surface area (Å²) in [5.41, 5.74) is 8.15. The Bertz CT molecular complexity index is 750. The van der Waals surface area contributed by atoms with Gasteiger partial charge in [-0.1, -0.05) is 5.21 Å². The number of rotatable bonds is 3. The van der Waals surface area contributed by atoms with Crippen molar-refractivity contribution in [3.63, 3.8) is 0 Å². The van der Waals surface area contributed by atoms with Gasteiger partial charge in [-0.3, -0.25) is 0 Å². The van der Waals surface area contributed by atoms with E-state index in [1.165, 1.54) is 16.8 Å². The molecule has 2 N–H and O–H groups in total. The Morgan fingerprint density at radius 2 is 1.71 bits per heavy atom. The lowest BCUT2D eigenvalue weighted by atomic mass is 10.1. The maximum Gasteiger partial charge on any atom is 0.155 e. The van der Waals surface area contributed by atoms with Crippen molar-refractivity contribution in [2.45, 2.75) is 0 Å². The molecule has 2 aromatic carbocycles. The summed E-state index contributed by atoms with van der Waals surface area (Å²) in [5, 5.41) is 8.12. The molecule has 5 nitrogen and oxygen atoms in total. The molecule has 6 heteroatoms. The number of nitrogen functional groups attached to an aromatic ring is 1. The molecule has 1 heterocycles. The van der Waals surface area contributed by atoms with Gasteiger partial charge in [-0.2, -0.15) is 4.68 Å². The molecule has 0 unspecified atom stereocenters. The maximum atomic E-state index is 13.0. The second-order valence-electron chi connectivity index (χ2n) is 4.44. The van der Waals surface area contributed by atoms with E-state index in [0.717, 1.165) is 11.3 Å². The summed E-state index contributed by atoms with van der Waals surface area (Å²) in [6.45, 7) is 0. The number of nitrogens with zero attached hydrogens (tertiary/aromatic N) is 3. The normalized spacial score (nSPS) is 10.6. The summed E-state index contributed by atoms with van der Waals surface area (Å²) < 4.78 is 19.5. The van der Waals surface area contributed by atoms with Crippen molar-refractivity contribution >= 4 is 5.82 Å². The average molecular weight is 284 g/mol. The molecular formula is C15H13FN4O. The summed E-state index contributed by atoms with van der Waals surface area (Å²) in [4.78, 5) is 0. The van der Waals surface area contributed by atoms with E-state index in [0.29, 0.717) is 17.2 Å². The third kappa shape index (κ3) is 2.43. The second-order valence-corrected chi connectivity index (χ2v) is 4.44. The number of anilines is 1. The Kier molecular flexibility index (Phi) is 3.27. The van der Waals surface area contributed by atoms with Crippen LogP contribution in [0.1, 0.15) is 0 Å². The zero-order valence-corrected chi connectivity index (χ0v) is 11.3. The SMILES string of the molecule is COc1ccc(-c2nnn(-c3ccc(F)cc3)c2N)cc1. The highest BCUT2D eigenvalue weighted by Gasteiger charge is 2.13. The van der Waals surface area contributed by atoms with Crippen molar-refractivity contribution in [2.75, 3.05) is 12.8 Å². The number of methoxy groups -OCH3 is 1. The van der Waals surface area contributed by atoms with Crippen LogP contribution in [0, 0.1) is 5.82 Å². The van der Waals surface area contributed by atoms with Gasteiger partial charge in [-0.05, 0) is 48.5 Å². The van der Waals surface area contributed by atoms with Crippen molar-refractivity contribution in [1.82, 2.24) is 15.0 Å². The van der Waals surface area contributed by atoms with Gasteiger partial charge in [0.05, 0.1) is 12.8 Å². The molecule has 0 atom stereocenters. The molecular weight excluding hydrogens is 271 g/mol. The third-order valence-corrected chi connectivity index (χ3v) is 3.14. The van der Waals surface area contributed by atoms with Crippen LogP contribution in [0.3, 0.4) is 0 Å². The van der Waals surface area contributed by atoms with Gasteiger partial charge in [0.1, 0.15) is 17.3 Å². The van der Waals surface area contributed by atoms with Gasteiger partial charge in [-0.25, -0.2) is 4.39 Å². The molecule has 0 saturated carbocycles. The molecule has 0 aliphatic carbocycles. The van der Waals surface area contributed by atoms with E-state index in [9.17, 15) is 4.39 Å². The first-order valence-electron chi connectivity index (χ1n) is 6.30. The fraction of sp³-hybridized carbons (Fsp3) is 0.0667. The fourth-order valence-corrected chi connectivity index (χ4v) is 2.02. The summed E-state index contributed by atoms with van der Waals surface area (Å²) in [6, 6.07) is 13.3. The minimum atomic E-state index is -0.312. The van der Waals surface area contributed by atoms with E-state index in [4.69, 9.17) is 10.5 Å². The van der Waals surface area contributed by atoms with Crippen LogP contribution < -0.4 is 10.5 Å². The summed E-state index contributed by atoms with van der Waals surface area (Å²) in [7, 11) is 1.61. The van der Waals surface area contributed by atoms with Crippen LogP contribution in [-0.2, 0) is 0 Å². The molecule has 0 spiro atoms. The Morgan fingerprint density at radius 3 is 2.33 bits per heavy atom. The van der Waals surface area contributed by atoms with E-state index in [1.807, 2.05) is 24.3 Å². The lowest BCUT2D eigenvalue weighted by Gasteiger charge is -2.04. The second kappa shape index (κ2) is 5.24. The van der Waals surface area contributed by atoms with Crippen molar-refractivity contribution < 1.29 is 9.13 Å². The van der Waals surface area contributed by atoms with Gasteiger partial charge < -0.3 is 10.5 Å². The lowest BCUT2D eigenvalue weighted by molar-refractivity contribution is 0.415. The minimum Gasteiger partial charge on any atom is -0.497 e. The number of benzene rings is 2. The van der Waals surface area contributed by atoms with Crippen molar-refractivity contribution in [2.24, 2.45) is 0 Å². The van der Waals surface area contributed by atoms with Crippen molar-refractivity contribution in [3.8, 4) is 22.7 Å². The summed E-state index contributed by atoms with van der Waals surface area (Å²) >= 11 is 0. The largest absolute Gasteiger partial charge is 0.497 e. The smallest absolute Gasteiger partial charge is 0.155 e. The van der Waals surface area contributed by atoms with E-state index < -0.39 is 0 Å². The van der Waals surface area contributed by atoms with Crippen LogP contribution in [0.15, 0.2) is 48.5 Å². The van der Waals surface area contributed by atoms with Gasteiger partial charge in [0.2, 0.25) is 0 Å². The van der Waals surface area contributed by atoms with Crippen LogP contribution in [0.5, 0.6) is 5.75 Å². The Labute approximate surface area is 120 Å². The molecule has 0 fully saturated rings. The van der Waals surface area contributed by atoms with Crippen LogP contribution in [0.2, 0.25) is 0 Å². The van der Waals surface area contributed by atoms with Gasteiger partial charge in [-0.15, -0.1) is 5.10 Å². The molecule has 21 heavy (non-hydrogen) atoms. The number of hydrogen-bond acceptors (Lipinski definition) is 4. The van der Waals surface area contributed by atoms with Crippen LogP contribution in [0.25, 0.3) is 16.9 Å². The molecule has 0 bridgehead atoms. The van der Waals surface area contributed by atoms with Gasteiger partial charge >= 0.3 is 0 Å². The molecule has 0 aliphatic rings. The highest BCUT2D eigenvalue weighted by Crippen LogP contribution is 2.26. The first-order valence-corrected chi connectivity index (χ1v) is 6.30. The van der Waals surface area contributed by atoms with E-state index in [2.05, 4.69) is 10.3 Å². The van der Waals surface area contributed by atoms with Crippen LogP contribution in [0.4, 0.5) is 10.2 Å². The lowest BCUT2D eigenvalue weighted by Crippen LogP contribution is -2.02. The molecule has 0 saturated heterocycles. The predicted molar refractivity (Wildman–Crippen MR) is 77.7 cm³/mol. The monoisotopic (exact) mass is 284 g/mol. The van der Waals surface area contributed by atoms with Crippen LogP contribution in [-0.4, -0.2) is 22.1 Å². The number of nitrogens with two attached hydrogens (primary N) is 1. The molecule has 3 rings (SSSR count). The number of hydrogen-bond donors (Lipinski definition) is 1. The Hall–Kier alpha value is -2.89.